The summed E-state index contributed by atoms with van der Waals surface area (Å²) in [4.78, 5) is 16.9. The minimum absolute atomic E-state index is 0.00187. The lowest BCUT2D eigenvalue weighted by atomic mass is 10.1. The average Bonchev–Trinajstić information content (AvgIpc) is 3.34. The number of benzene rings is 1. The number of aryl methyl sites for hydroxylation is 1. The van der Waals surface area contributed by atoms with Gasteiger partial charge in [0.25, 0.3) is 5.91 Å². The Morgan fingerprint density at radius 2 is 2.03 bits per heavy atom. The number of amides is 1. The van der Waals surface area contributed by atoms with Crippen LogP contribution in [0.1, 0.15) is 51.8 Å². The van der Waals surface area contributed by atoms with Gasteiger partial charge in [-0.1, -0.05) is 29.8 Å². The zero-order chi connectivity index (χ0) is 22.5. The molecule has 0 saturated heterocycles. The van der Waals surface area contributed by atoms with E-state index in [0.717, 1.165) is 30.0 Å². The summed E-state index contributed by atoms with van der Waals surface area (Å²) < 4.78 is 43.0. The van der Waals surface area contributed by atoms with Gasteiger partial charge in [-0.25, -0.2) is 9.50 Å². The van der Waals surface area contributed by atoms with E-state index < -0.39 is 17.8 Å². The molecule has 1 N–H and O–H groups in total. The normalized spacial score (nSPS) is 14.1. The predicted molar refractivity (Wildman–Crippen MR) is 110 cm³/mol. The summed E-state index contributed by atoms with van der Waals surface area (Å²) in [5.74, 6) is -0.598. The van der Waals surface area contributed by atoms with E-state index in [-0.39, 0.29) is 17.3 Å². The lowest BCUT2D eigenvalue weighted by molar-refractivity contribution is -0.142. The smallest absolute Gasteiger partial charge is 0.318 e. The molecule has 1 saturated carbocycles. The van der Waals surface area contributed by atoms with Gasteiger partial charge in [0.05, 0.1) is 18.4 Å². The maximum absolute atomic E-state index is 13.5. The molecule has 1 aliphatic rings. The molecule has 164 valence electrons. The highest BCUT2D eigenvalue weighted by Gasteiger charge is 2.37. The summed E-state index contributed by atoms with van der Waals surface area (Å²) in [6, 6.07) is 10.3. The summed E-state index contributed by atoms with van der Waals surface area (Å²) in [6.07, 6.45) is 0.152. The number of hydrogen-bond donors (Lipinski definition) is 1. The van der Waals surface area contributed by atoms with Crippen molar-refractivity contribution in [3.8, 4) is 0 Å². The van der Waals surface area contributed by atoms with Crippen molar-refractivity contribution in [2.24, 2.45) is 0 Å². The first-order valence-electron chi connectivity index (χ1n) is 10.1. The summed E-state index contributed by atoms with van der Waals surface area (Å²) in [7, 11) is 0. The van der Waals surface area contributed by atoms with Gasteiger partial charge in [-0.05, 0) is 31.4 Å². The number of nitrogens with one attached hydrogen (secondary N) is 1. The van der Waals surface area contributed by atoms with Crippen molar-refractivity contribution in [2.45, 2.75) is 38.4 Å². The van der Waals surface area contributed by atoms with Crippen LogP contribution in [0.25, 0.3) is 5.65 Å². The van der Waals surface area contributed by atoms with Crippen LogP contribution in [0.5, 0.6) is 0 Å². The number of halogens is 3. The fourth-order valence-electron chi connectivity index (χ4n) is 3.60. The van der Waals surface area contributed by atoms with E-state index in [4.69, 9.17) is 0 Å². The van der Waals surface area contributed by atoms with Crippen LogP contribution in [0.3, 0.4) is 0 Å². The molecule has 5 rings (SSSR count). The molecular weight excluding hydrogens is 421 g/mol. The van der Waals surface area contributed by atoms with Crippen LogP contribution >= 0.6 is 0 Å². The van der Waals surface area contributed by atoms with Gasteiger partial charge in [0, 0.05) is 23.9 Å². The molecule has 4 aromatic rings. The Balaban J connectivity index is 1.38. The minimum Gasteiger partial charge on any atom is -0.318 e. The Labute approximate surface area is 180 Å². The fraction of sp³-hybridized carbons (Fsp3) is 0.273. The fourth-order valence-corrected chi connectivity index (χ4v) is 3.60. The molecule has 3 aromatic heterocycles. The second-order valence-corrected chi connectivity index (χ2v) is 8.01. The second kappa shape index (κ2) is 7.47. The lowest BCUT2D eigenvalue weighted by Gasteiger charge is -2.10. The zero-order valence-corrected chi connectivity index (χ0v) is 17.1. The third-order valence-electron chi connectivity index (χ3n) is 5.28. The molecule has 0 unspecified atom stereocenters. The SMILES string of the molecule is Cc1cccc(Cn2cc(NC(=O)c3cc4nc(C5CC5)cc(C(F)(F)F)n4n3)cn2)c1. The first-order valence-corrected chi connectivity index (χ1v) is 10.1. The van der Waals surface area contributed by atoms with Crippen molar-refractivity contribution in [2.75, 3.05) is 5.32 Å². The number of hydrogen-bond acceptors (Lipinski definition) is 4. The van der Waals surface area contributed by atoms with Gasteiger partial charge in [0.2, 0.25) is 0 Å². The monoisotopic (exact) mass is 440 g/mol. The van der Waals surface area contributed by atoms with Crippen molar-refractivity contribution in [3.05, 3.63) is 77.0 Å². The molecule has 0 bridgehead atoms. The number of fused-ring (bicyclic) bond motifs is 1. The molecule has 1 fully saturated rings. The van der Waals surface area contributed by atoms with Crippen molar-refractivity contribution < 1.29 is 18.0 Å². The van der Waals surface area contributed by atoms with Gasteiger partial charge in [-0.15, -0.1) is 0 Å². The van der Waals surface area contributed by atoms with Gasteiger partial charge >= 0.3 is 6.18 Å². The molecule has 0 spiro atoms. The number of carbonyl (C=O) groups excluding carboxylic acids is 1. The van der Waals surface area contributed by atoms with Gasteiger partial charge in [-0.2, -0.15) is 23.4 Å². The number of carbonyl (C=O) groups is 1. The number of rotatable bonds is 5. The van der Waals surface area contributed by atoms with Crippen LogP contribution in [-0.2, 0) is 12.7 Å². The Hall–Kier alpha value is -3.69. The van der Waals surface area contributed by atoms with Crippen molar-refractivity contribution in [1.82, 2.24) is 24.4 Å². The highest BCUT2D eigenvalue weighted by molar-refractivity contribution is 6.03. The first-order chi connectivity index (χ1) is 15.3. The summed E-state index contributed by atoms with van der Waals surface area (Å²) >= 11 is 0. The van der Waals surface area contributed by atoms with Crippen LogP contribution in [0, 0.1) is 6.92 Å². The van der Waals surface area contributed by atoms with Crippen LogP contribution in [-0.4, -0.2) is 30.3 Å². The third kappa shape index (κ3) is 4.08. The zero-order valence-electron chi connectivity index (χ0n) is 17.1. The Kier molecular flexibility index (Phi) is 4.72. The second-order valence-electron chi connectivity index (χ2n) is 8.01. The van der Waals surface area contributed by atoms with E-state index in [1.165, 1.54) is 12.3 Å². The van der Waals surface area contributed by atoms with E-state index in [1.54, 1.807) is 10.9 Å². The van der Waals surface area contributed by atoms with E-state index in [1.807, 2.05) is 31.2 Å². The number of alkyl halides is 3. The molecule has 0 atom stereocenters. The van der Waals surface area contributed by atoms with E-state index in [0.29, 0.717) is 22.4 Å². The van der Waals surface area contributed by atoms with Crippen molar-refractivity contribution in [3.63, 3.8) is 0 Å². The van der Waals surface area contributed by atoms with Crippen molar-refractivity contribution in [1.29, 1.82) is 0 Å². The molecule has 0 aliphatic heterocycles. The molecular formula is C22H19F3N6O. The molecule has 7 nitrogen and oxygen atoms in total. The largest absolute Gasteiger partial charge is 0.433 e. The van der Waals surface area contributed by atoms with Gasteiger partial charge in [0.15, 0.2) is 11.3 Å². The van der Waals surface area contributed by atoms with Crippen LogP contribution in [0.15, 0.2) is 48.8 Å². The summed E-state index contributed by atoms with van der Waals surface area (Å²) in [5.41, 5.74) is 1.91. The van der Waals surface area contributed by atoms with Crippen molar-refractivity contribution >= 4 is 17.2 Å². The van der Waals surface area contributed by atoms with Crippen LogP contribution in [0.2, 0.25) is 0 Å². The van der Waals surface area contributed by atoms with Crippen LogP contribution < -0.4 is 5.32 Å². The number of aromatic nitrogens is 5. The summed E-state index contributed by atoms with van der Waals surface area (Å²) in [5, 5.41) is 10.7. The minimum atomic E-state index is -4.61. The quantitative estimate of drug-likeness (QED) is 0.498. The van der Waals surface area contributed by atoms with E-state index >= 15 is 0 Å². The summed E-state index contributed by atoms with van der Waals surface area (Å²) in [6.45, 7) is 2.52. The Morgan fingerprint density at radius 1 is 1.22 bits per heavy atom. The molecule has 1 aromatic carbocycles. The maximum Gasteiger partial charge on any atom is 0.433 e. The third-order valence-corrected chi connectivity index (χ3v) is 5.28. The predicted octanol–water partition coefficient (Wildman–Crippen LogP) is 4.43. The molecule has 32 heavy (non-hydrogen) atoms. The van der Waals surface area contributed by atoms with Gasteiger partial charge in [-0.3, -0.25) is 9.48 Å². The molecule has 10 heteroatoms. The topological polar surface area (TPSA) is 77.1 Å². The number of anilines is 1. The number of nitrogens with zero attached hydrogens (tertiary/aromatic N) is 5. The lowest BCUT2D eigenvalue weighted by Crippen LogP contribution is -2.16. The first kappa shape index (κ1) is 20.2. The molecule has 1 amide bonds. The van der Waals surface area contributed by atoms with Gasteiger partial charge in [0.1, 0.15) is 5.69 Å². The maximum atomic E-state index is 13.5. The molecule has 1 aliphatic carbocycles. The molecule has 3 heterocycles. The average molecular weight is 440 g/mol. The highest BCUT2D eigenvalue weighted by Crippen LogP contribution is 2.41. The highest BCUT2D eigenvalue weighted by atomic mass is 19.4. The van der Waals surface area contributed by atoms with Gasteiger partial charge < -0.3 is 5.32 Å². The molecule has 0 radical (unpaired) electrons. The van der Waals surface area contributed by atoms with Crippen LogP contribution in [0.4, 0.5) is 18.9 Å². The standard InChI is InChI=1S/C22H19F3N6O/c1-13-3-2-4-14(7-13)11-30-12-16(10-26-30)27-21(32)18-9-20-28-17(15-5-6-15)8-19(22(23,24)25)31(20)29-18/h2-4,7-10,12,15H,5-6,11H2,1H3,(H,27,32). The Bertz CT molecular complexity index is 1320. The van der Waals surface area contributed by atoms with E-state index in [9.17, 15) is 18.0 Å². The Morgan fingerprint density at radius 3 is 2.75 bits per heavy atom. The van der Waals surface area contributed by atoms with E-state index in [2.05, 4.69) is 20.5 Å².